The number of benzene rings is 1. The number of nitrogens with one attached hydrogen (secondary N) is 1. The minimum Gasteiger partial charge on any atom is -0.493 e. The van der Waals surface area contributed by atoms with E-state index in [0.717, 1.165) is 0 Å². The molecule has 0 radical (unpaired) electrons. The fraction of sp³-hybridized carbons (Fsp3) is 0.294. The lowest BCUT2D eigenvalue weighted by Crippen LogP contribution is -2.14. The van der Waals surface area contributed by atoms with Crippen molar-refractivity contribution in [3.05, 3.63) is 53.9 Å². The first kappa shape index (κ1) is 16.0. The van der Waals surface area contributed by atoms with Gasteiger partial charge in [0.15, 0.2) is 0 Å². The third kappa shape index (κ3) is 4.30. The van der Waals surface area contributed by atoms with Crippen molar-refractivity contribution in [3.8, 4) is 5.75 Å². The van der Waals surface area contributed by atoms with Gasteiger partial charge in [0, 0.05) is 17.3 Å². The Kier molecular flexibility index (Phi) is 5.49. The van der Waals surface area contributed by atoms with Gasteiger partial charge in [-0.1, -0.05) is 19.9 Å². The topological polar surface area (TPSA) is 71.5 Å². The molecule has 0 saturated heterocycles. The van der Waals surface area contributed by atoms with Gasteiger partial charge >= 0.3 is 0 Å². The Balaban J connectivity index is 2.11. The van der Waals surface area contributed by atoms with Gasteiger partial charge in [0.2, 0.25) is 0 Å². The zero-order valence-electron chi connectivity index (χ0n) is 12.7. The highest BCUT2D eigenvalue weighted by atomic mass is 16.5. The molecule has 0 aliphatic heterocycles. The Bertz CT molecular complexity index is 641. The molecule has 1 aromatic carbocycles. The molecule has 2 aromatic rings. The van der Waals surface area contributed by atoms with E-state index in [-0.39, 0.29) is 12.5 Å². The molecule has 116 valence electrons. The highest BCUT2D eigenvalue weighted by Crippen LogP contribution is 2.18. The standard InChI is InChI=1S/C17H20N2O3/c1-12(2)11-22-15-5-3-4-13(8-15)17(21)19-16-9-18-7-6-14(16)10-20/h3-9,12,20H,10-11H2,1-2H3,(H,19,21). The molecule has 5 heteroatoms. The van der Waals surface area contributed by atoms with Gasteiger partial charge in [-0.2, -0.15) is 0 Å². The Morgan fingerprint density at radius 3 is 2.91 bits per heavy atom. The molecule has 2 rings (SSSR count). The van der Waals surface area contributed by atoms with Crippen LogP contribution in [0.2, 0.25) is 0 Å². The number of aromatic nitrogens is 1. The van der Waals surface area contributed by atoms with Crippen LogP contribution in [-0.2, 0) is 6.61 Å². The molecule has 0 atom stereocenters. The molecule has 22 heavy (non-hydrogen) atoms. The molecule has 1 heterocycles. The molecule has 0 aliphatic rings. The van der Waals surface area contributed by atoms with Crippen LogP contribution in [0.25, 0.3) is 0 Å². The van der Waals surface area contributed by atoms with E-state index in [9.17, 15) is 9.90 Å². The van der Waals surface area contributed by atoms with Crippen molar-refractivity contribution in [1.82, 2.24) is 4.98 Å². The minimum atomic E-state index is -0.266. The maximum atomic E-state index is 12.3. The van der Waals surface area contributed by atoms with Gasteiger partial charge in [0.05, 0.1) is 25.1 Å². The highest BCUT2D eigenvalue weighted by Gasteiger charge is 2.10. The van der Waals surface area contributed by atoms with E-state index in [1.165, 1.54) is 6.20 Å². The van der Waals surface area contributed by atoms with Gasteiger partial charge < -0.3 is 15.2 Å². The van der Waals surface area contributed by atoms with Crippen molar-refractivity contribution in [1.29, 1.82) is 0 Å². The van der Waals surface area contributed by atoms with E-state index in [4.69, 9.17) is 4.74 Å². The average Bonchev–Trinajstić information content (AvgIpc) is 2.53. The quantitative estimate of drug-likeness (QED) is 0.860. The number of anilines is 1. The average molecular weight is 300 g/mol. The molecule has 0 aliphatic carbocycles. The molecule has 5 nitrogen and oxygen atoms in total. The second-order valence-electron chi connectivity index (χ2n) is 5.38. The molecule has 0 fully saturated rings. The SMILES string of the molecule is CC(C)COc1cccc(C(=O)Nc2cnccc2CO)c1. The molecule has 1 aromatic heterocycles. The first-order valence-electron chi connectivity index (χ1n) is 7.18. The fourth-order valence-corrected chi connectivity index (χ4v) is 1.86. The van der Waals surface area contributed by atoms with Gasteiger partial charge in [0.1, 0.15) is 5.75 Å². The maximum absolute atomic E-state index is 12.3. The van der Waals surface area contributed by atoms with E-state index in [1.54, 1.807) is 30.5 Å². The van der Waals surface area contributed by atoms with E-state index in [2.05, 4.69) is 24.1 Å². The van der Waals surface area contributed by atoms with Crippen molar-refractivity contribution in [3.63, 3.8) is 0 Å². The van der Waals surface area contributed by atoms with Crippen LogP contribution in [0.1, 0.15) is 29.8 Å². The number of aliphatic hydroxyl groups excluding tert-OH is 1. The Morgan fingerprint density at radius 2 is 2.18 bits per heavy atom. The van der Waals surface area contributed by atoms with Gasteiger partial charge in [-0.05, 0) is 30.2 Å². The van der Waals surface area contributed by atoms with Crippen LogP contribution >= 0.6 is 0 Å². The van der Waals surface area contributed by atoms with Crippen LogP contribution in [0.5, 0.6) is 5.75 Å². The summed E-state index contributed by atoms with van der Waals surface area (Å²) in [6.45, 7) is 4.57. The van der Waals surface area contributed by atoms with Crippen LogP contribution in [-0.4, -0.2) is 22.6 Å². The van der Waals surface area contributed by atoms with Gasteiger partial charge in [0.25, 0.3) is 5.91 Å². The molecular formula is C17H20N2O3. The number of rotatable bonds is 6. The van der Waals surface area contributed by atoms with Gasteiger partial charge in [-0.3, -0.25) is 9.78 Å². The summed E-state index contributed by atoms with van der Waals surface area (Å²) in [6, 6.07) is 8.68. The molecular weight excluding hydrogens is 280 g/mol. The number of ether oxygens (including phenoxy) is 1. The fourth-order valence-electron chi connectivity index (χ4n) is 1.86. The number of aliphatic hydroxyl groups is 1. The summed E-state index contributed by atoms with van der Waals surface area (Å²) >= 11 is 0. The normalized spacial score (nSPS) is 10.5. The molecule has 2 N–H and O–H groups in total. The Labute approximate surface area is 130 Å². The van der Waals surface area contributed by atoms with Crippen molar-refractivity contribution in [2.24, 2.45) is 5.92 Å². The second kappa shape index (κ2) is 7.56. The van der Waals surface area contributed by atoms with Crippen molar-refractivity contribution >= 4 is 11.6 Å². The summed E-state index contributed by atoms with van der Waals surface area (Å²) in [5, 5.41) is 12.0. The number of amides is 1. The molecule has 0 saturated carbocycles. The highest BCUT2D eigenvalue weighted by molar-refractivity contribution is 6.04. The summed E-state index contributed by atoms with van der Waals surface area (Å²) in [7, 11) is 0. The molecule has 0 unspecified atom stereocenters. The largest absolute Gasteiger partial charge is 0.493 e. The summed E-state index contributed by atoms with van der Waals surface area (Å²) in [5.41, 5.74) is 1.62. The monoisotopic (exact) mass is 300 g/mol. The third-order valence-corrected chi connectivity index (χ3v) is 3.01. The Morgan fingerprint density at radius 1 is 1.36 bits per heavy atom. The zero-order chi connectivity index (χ0) is 15.9. The lowest BCUT2D eigenvalue weighted by atomic mass is 10.1. The van der Waals surface area contributed by atoms with E-state index in [0.29, 0.717) is 35.1 Å². The first-order chi connectivity index (χ1) is 10.6. The maximum Gasteiger partial charge on any atom is 0.255 e. The molecule has 1 amide bonds. The van der Waals surface area contributed by atoms with Crippen LogP contribution in [0.15, 0.2) is 42.7 Å². The molecule has 0 spiro atoms. The lowest BCUT2D eigenvalue weighted by Gasteiger charge is -2.11. The van der Waals surface area contributed by atoms with Crippen LogP contribution < -0.4 is 10.1 Å². The summed E-state index contributed by atoms with van der Waals surface area (Å²) < 4.78 is 5.62. The second-order valence-corrected chi connectivity index (χ2v) is 5.38. The number of carbonyl (C=O) groups is 1. The number of hydrogen-bond acceptors (Lipinski definition) is 4. The van der Waals surface area contributed by atoms with Gasteiger partial charge in [-0.25, -0.2) is 0 Å². The number of nitrogens with zero attached hydrogens (tertiary/aromatic N) is 1. The first-order valence-corrected chi connectivity index (χ1v) is 7.18. The number of carbonyl (C=O) groups excluding carboxylic acids is 1. The van der Waals surface area contributed by atoms with E-state index < -0.39 is 0 Å². The Hall–Kier alpha value is -2.40. The van der Waals surface area contributed by atoms with Crippen LogP contribution in [0.3, 0.4) is 0 Å². The molecule has 0 bridgehead atoms. The van der Waals surface area contributed by atoms with Crippen LogP contribution in [0, 0.1) is 5.92 Å². The smallest absolute Gasteiger partial charge is 0.255 e. The summed E-state index contributed by atoms with van der Waals surface area (Å²) in [6.07, 6.45) is 3.09. The van der Waals surface area contributed by atoms with Gasteiger partial charge in [-0.15, -0.1) is 0 Å². The number of pyridine rings is 1. The van der Waals surface area contributed by atoms with Crippen molar-refractivity contribution < 1.29 is 14.6 Å². The zero-order valence-corrected chi connectivity index (χ0v) is 12.7. The minimum absolute atomic E-state index is 0.157. The number of hydrogen-bond donors (Lipinski definition) is 2. The van der Waals surface area contributed by atoms with E-state index in [1.807, 2.05) is 6.07 Å². The lowest BCUT2D eigenvalue weighted by molar-refractivity contribution is 0.102. The van der Waals surface area contributed by atoms with Crippen LogP contribution in [0.4, 0.5) is 5.69 Å². The predicted octanol–water partition coefficient (Wildman–Crippen LogP) is 2.86. The third-order valence-electron chi connectivity index (χ3n) is 3.01. The predicted molar refractivity (Wildman–Crippen MR) is 84.9 cm³/mol. The van der Waals surface area contributed by atoms with E-state index >= 15 is 0 Å². The van der Waals surface area contributed by atoms with Crippen molar-refractivity contribution in [2.75, 3.05) is 11.9 Å². The summed E-state index contributed by atoms with van der Waals surface area (Å²) in [4.78, 5) is 16.3. The summed E-state index contributed by atoms with van der Waals surface area (Å²) in [5.74, 6) is 0.813. The van der Waals surface area contributed by atoms with Crippen molar-refractivity contribution in [2.45, 2.75) is 20.5 Å².